The van der Waals surface area contributed by atoms with Gasteiger partial charge in [-0.25, -0.2) is 0 Å². The molecule has 84 valence electrons. The smallest absolute Gasteiger partial charge is 0.111 e. The van der Waals surface area contributed by atoms with E-state index in [1.165, 1.54) is 0 Å². The summed E-state index contributed by atoms with van der Waals surface area (Å²) in [6.45, 7) is 5.33. The predicted molar refractivity (Wildman–Crippen MR) is 67.9 cm³/mol. The summed E-state index contributed by atoms with van der Waals surface area (Å²) in [5, 5.41) is 7.28. The molecule has 1 rings (SSSR count). The minimum atomic E-state index is -2.19. The number of hydrogen-bond acceptors (Lipinski definition) is 3. The summed E-state index contributed by atoms with van der Waals surface area (Å²) >= 11 is 0. The zero-order valence-electron chi connectivity index (χ0n) is 9.58. The third-order valence-corrected chi connectivity index (χ3v) is 3.72. The molecule has 2 N–H and O–H groups in total. The van der Waals surface area contributed by atoms with E-state index in [2.05, 4.69) is 10.6 Å². The molecule has 0 aliphatic carbocycles. The third kappa shape index (κ3) is 3.69. The maximum absolute atomic E-state index is 12.0. The molecule has 0 amide bonds. The lowest BCUT2D eigenvalue weighted by atomic mass is 10.3. The molecule has 0 saturated heterocycles. The fourth-order valence-corrected chi connectivity index (χ4v) is 2.59. The Hall–Kier alpha value is -0.790. The quantitative estimate of drug-likeness (QED) is 0.591. The molecule has 0 spiro atoms. The lowest BCUT2D eigenvalue weighted by molar-refractivity contribution is 0.588. The highest BCUT2D eigenvalue weighted by Crippen LogP contribution is 2.37. The van der Waals surface area contributed by atoms with Crippen molar-refractivity contribution in [3.63, 3.8) is 0 Å². The van der Waals surface area contributed by atoms with Crippen LogP contribution in [0.25, 0.3) is 0 Å². The normalized spacial score (nSPS) is 11.4. The molecule has 0 radical (unpaired) electrons. The molecule has 0 saturated carbocycles. The molecule has 1 aromatic rings. The number of para-hydroxylation sites is 1. The number of nitrogens with one attached hydrogen (secondary N) is 2. The van der Waals surface area contributed by atoms with Gasteiger partial charge in [-0.15, -0.1) is 0 Å². The second-order valence-electron chi connectivity index (χ2n) is 3.90. The topological polar surface area (TPSA) is 41.1 Å². The summed E-state index contributed by atoms with van der Waals surface area (Å²) in [4.78, 5) is 0. The van der Waals surface area contributed by atoms with Gasteiger partial charge in [-0.3, -0.25) is 0 Å². The van der Waals surface area contributed by atoms with Crippen molar-refractivity contribution < 1.29 is 4.57 Å². The Labute approximate surface area is 91.6 Å². The molecule has 0 aliphatic heterocycles. The molecular weight excluding hydrogens is 207 g/mol. The number of hydrogen-bond donors (Lipinski definition) is 2. The van der Waals surface area contributed by atoms with Gasteiger partial charge in [0.1, 0.15) is 7.14 Å². The van der Waals surface area contributed by atoms with Crippen LogP contribution in [0, 0.1) is 0 Å². The largest absolute Gasteiger partial charge is 0.383 e. The number of likely N-dealkylation sites (N-methyl/N-ethyl adjacent to an activating group) is 1. The van der Waals surface area contributed by atoms with Gasteiger partial charge in [0.05, 0.1) is 0 Å². The maximum atomic E-state index is 12.0. The first-order valence-corrected chi connectivity index (χ1v) is 7.69. The van der Waals surface area contributed by atoms with Crippen LogP contribution in [0.5, 0.6) is 0 Å². The van der Waals surface area contributed by atoms with Gasteiger partial charge in [0.15, 0.2) is 0 Å². The van der Waals surface area contributed by atoms with Gasteiger partial charge in [0.2, 0.25) is 0 Å². The number of anilines is 1. The summed E-state index contributed by atoms with van der Waals surface area (Å²) in [5.41, 5.74) is 0.987. The van der Waals surface area contributed by atoms with Crippen LogP contribution in [0.3, 0.4) is 0 Å². The summed E-state index contributed by atoms with van der Waals surface area (Å²) < 4.78 is 12.0. The van der Waals surface area contributed by atoms with Crippen molar-refractivity contribution in [3.05, 3.63) is 24.3 Å². The molecular formula is C11H19N2OP. The van der Waals surface area contributed by atoms with Gasteiger partial charge in [-0.2, -0.15) is 0 Å². The summed E-state index contributed by atoms with van der Waals surface area (Å²) in [5.74, 6) is 0. The van der Waals surface area contributed by atoms with E-state index in [9.17, 15) is 4.57 Å². The second kappa shape index (κ2) is 5.34. The zero-order valence-corrected chi connectivity index (χ0v) is 10.5. The van der Waals surface area contributed by atoms with Gasteiger partial charge >= 0.3 is 0 Å². The first-order chi connectivity index (χ1) is 7.05. The Morgan fingerprint density at radius 2 is 1.87 bits per heavy atom. The fraction of sp³-hybridized carbons (Fsp3) is 0.455. The van der Waals surface area contributed by atoms with E-state index in [4.69, 9.17) is 0 Å². The van der Waals surface area contributed by atoms with Crippen molar-refractivity contribution >= 4 is 18.1 Å². The fourth-order valence-electron chi connectivity index (χ4n) is 1.41. The molecule has 15 heavy (non-hydrogen) atoms. The monoisotopic (exact) mass is 226 g/mol. The molecule has 0 heterocycles. The molecule has 0 aliphatic rings. The van der Waals surface area contributed by atoms with Gasteiger partial charge in [-0.1, -0.05) is 12.1 Å². The Balaban J connectivity index is 2.83. The van der Waals surface area contributed by atoms with Crippen LogP contribution in [-0.4, -0.2) is 33.5 Å². The Morgan fingerprint density at radius 1 is 1.20 bits per heavy atom. The Kier molecular flexibility index (Phi) is 4.37. The third-order valence-electron chi connectivity index (χ3n) is 2.17. The van der Waals surface area contributed by atoms with Gasteiger partial charge in [-0.05, 0) is 32.5 Å². The van der Waals surface area contributed by atoms with E-state index in [1.54, 1.807) is 13.3 Å². The van der Waals surface area contributed by atoms with Crippen LogP contribution >= 0.6 is 7.14 Å². The van der Waals surface area contributed by atoms with Gasteiger partial charge < -0.3 is 15.2 Å². The maximum Gasteiger partial charge on any atom is 0.111 e. The van der Waals surface area contributed by atoms with Crippen LogP contribution < -0.4 is 15.9 Å². The van der Waals surface area contributed by atoms with Gasteiger partial charge in [0, 0.05) is 24.1 Å². The van der Waals surface area contributed by atoms with E-state index in [-0.39, 0.29) is 0 Å². The molecule has 3 nitrogen and oxygen atoms in total. The predicted octanol–water partition coefficient (Wildman–Crippen LogP) is 1.57. The zero-order chi connectivity index (χ0) is 11.3. The van der Waals surface area contributed by atoms with Crippen LogP contribution in [0.1, 0.15) is 0 Å². The van der Waals surface area contributed by atoms with Gasteiger partial charge in [0.25, 0.3) is 0 Å². The highest BCUT2D eigenvalue weighted by Gasteiger charge is 2.14. The average molecular weight is 226 g/mol. The summed E-state index contributed by atoms with van der Waals surface area (Å²) in [6.07, 6.45) is 0. The van der Waals surface area contributed by atoms with E-state index in [0.29, 0.717) is 0 Å². The van der Waals surface area contributed by atoms with E-state index in [1.807, 2.05) is 31.3 Å². The number of benzene rings is 1. The lowest BCUT2D eigenvalue weighted by Crippen LogP contribution is -2.20. The van der Waals surface area contributed by atoms with E-state index in [0.717, 1.165) is 24.1 Å². The highest BCUT2D eigenvalue weighted by atomic mass is 31.2. The van der Waals surface area contributed by atoms with Crippen molar-refractivity contribution in [2.75, 3.05) is 38.8 Å². The minimum absolute atomic E-state index is 0.841. The standard InChI is InChI=1S/C11H19N2OP/c1-12-8-9-13-10-6-4-5-7-11(10)15(2,3)14/h4-7,12-13H,8-9H2,1-3H3. The lowest BCUT2D eigenvalue weighted by Gasteiger charge is -2.14. The molecule has 4 heteroatoms. The molecule has 0 unspecified atom stereocenters. The second-order valence-corrected chi connectivity index (χ2v) is 7.08. The Bertz CT molecular complexity index is 359. The first kappa shape index (κ1) is 12.3. The summed E-state index contributed by atoms with van der Waals surface area (Å²) in [7, 11) is -0.272. The van der Waals surface area contributed by atoms with Crippen molar-refractivity contribution in [3.8, 4) is 0 Å². The highest BCUT2D eigenvalue weighted by molar-refractivity contribution is 7.70. The number of rotatable bonds is 5. The van der Waals surface area contributed by atoms with Crippen LogP contribution in [-0.2, 0) is 4.57 Å². The van der Waals surface area contributed by atoms with Crippen molar-refractivity contribution in [2.24, 2.45) is 0 Å². The average Bonchev–Trinajstić information content (AvgIpc) is 2.17. The molecule has 0 atom stereocenters. The van der Waals surface area contributed by atoms with Crippen molar-refractivity contribution in [2.45, 2.75) is 0 Å². The molecule has 0 aromatic heterocycles. The molecule has 0 bridgehead atoms. The van der Waals surface area contributed by atoms with Crippen molar-refractivity contribution in [1.82, 2.24) is 5.32 Å². The first-order valence-electron chi connectivity index (χ1n) is 5.09. The van der Waals surface area contributed by atoms with E-state index < -0.39 is 7.14 Å². The van der Waals surface area contributed by atoms with Crippen LogP contribution in [0.2, 0.25) is 0 Å². The van der Waals surface area contributed by atoms with Crippen molar-refractivity contribution in [1.29, 1.82) is 0 Å². The van der Waals surface area contributed by atoms with Crippen LogP contribution in [0.4, 0.5) is 5.69 Å². The molecule has 1 aromatic carbocycles. The molecule has 0 fully saturated rings. The minimum Gasteiger partial charge on any atom is -0.383 e. The summed E-state index contributed by atoms with van der Waals surface area (Å²) in [6, 6.07) is 7.80. The Morgan fingerprint density at radius 3 is 2.47 bits per heavy atom. The van der Waals surface area contributed by atoms with E-state index >= 15 is 0 Å². The SMILES string of the molecule is CNCCNc1ccccc1P(C)(C)=O. The van der Waals surface area contributed by atoms with Crippen LogP contribution in [0.15, 0.2) is 24.3 Å².